The molecule has 2 atom stereocenters. The maximum atomic E-state index is 3.89. The molecule has 0 radical (unpaired) electrons. The van der Waals surface area contributed by atoms with Crippen LogP contribution in [0.5, 0.6) is 0 Å². The lowest BCUT2D eigenvalue weighted by molar-refractivity contribution is 0.645. The van der Waals surface area contributed by atoms with Crippen molar-refractivity contribution in [1.29, 1.82) is 0 Å². The first-order chi connectivity index (χ1) is 8.90. The number of fused-ring (bicyclic) bond motifs is 1. The highest BCUT2D eigenvalue weighted by Gasteiger charge is 2.30. The van der Waals surface area contributed by atoms with Gasteiger partial charge in [-0.05, 0) is 35.4 Å². The van der Waals surface area contributed by atoms with Gasteiger partial charge in [-0.2, -0.15) is 0 Å². The second-order valence-electron chi connectivity index (χ2n) is 5.05. The highest BCUT2D eigenvalue weighted by Crippen LogP contribution is 2.46. The predicted molar refractivity (Wildman–Crippen MR) is 76.9 cm³/mol. The third-order valence-corrected chi connectivity index (χ3v) is 3.98. The van der Waals surface area contributed by atoms with E-state index in [4.69, 9.17) is 0 Å². The first-order valence-electron chi connectivity index (χ1n) is 6.65. The summed E-state index contributed by atoms with van der Waals surface area (Å²) < 4.78 is 0. The molecule has 0 N–H and O–H groups in total. The molecule has 0 heteroatoms. The smallest absolute Gasteiger partial charge is 0.00981 e. The molecule has 0 saturated heterocycles. The Bertz CT molecular complexity index is 539. The van der Waals surface area contributed by atoms with E-state index in [1.165, 1.54) is 23.1 Å². The maximum absolute atomic E-state index is 3.89. The summed E-state index contributed by atoms with van der Waals surface area (Å²) in [5.41, 5.74) is 4.47. The lowest BCUT2D eigenvalue weighted by atomic mass is 9.92. The summed E-state index contributed by atoms with van der Waals surface area (Å²) in [4.78, 5) is 0. The number of hydrogen-bond donors (Lipinski definition) is 0. The van der Waals surface area contributed by atoms with Gasteiger partial charge in [0.05, 0.1) is 0 Å². The Morgan fingerprint density at radius 2 is 1.61 bits per heavy atom. The van der Waals surface area contributed by atoms with Gasteiger partial charge in [-0.25, -0.2) is 0 Å². The van der Waals surface area contributed by atoms with Crippen LogP contribution in [0.3, 0.4) is 0 Å². The molecule has 0 aliphatic heterocycles. The highest BCUT2D eigenvalue weighted by molar-refractivity contribution is 5.44. The maximum Gasteiger partial charge on any atom is 0.00981 e. The van der Waals surface area contributed by atoms with Crippen LogP contribution in [0.4, 0.5) is 0 Å². The van der Waals surface area contributed by atoms with Crippen molar-refractivity contribution in [3.8, 4) is 0 Å². The molecule has 0 amide bonds. The molecule has 0 heterocycles. The van der Waals surface area contributed by atoms with Crippen LogP contribution >= 0.6 is 0 Å². The Morgan fingerprint density at radius 3 is 2.33 bits per heavy atom. The van der Waals surface area contributed by atoms with Crippen molar-refractivity contribution in [1.82, 2.24) is 0 Å². The molecule has 0 bridgehead atoms. The molecule has 0 aromatic heterocycles. The van der Waals surface area contributed by atoms with Gasteiger partial charge in [0.15, 0.2) is 0 Å². The molecule has 0 fully saturated rings. The largest absolute Gasteiger partial charge is 0.103 e. The third-order valence-electron chi connectivity index (χ3n) is 3.98. The molecule has 0 saturated carbocycles. The molecule has 1 aliphatic carbocycles. The standard InChI is InChI=1S/C18H18/c1-2-8-15-13-18(14-9-4-3-5-10-14)17-12-7-6-11-16(15)17/h2-7,9-12,15,18H,1,8,13H2/t15-,18+/m0/s1. The molecule has 18 heavy (non-hydrogen) atoms. The van der Waals surface area contributed by atoms with Crippen molar-refractivity contribution < 1.29 is 0 Å². The van der Waals surface area contributed by atoms with E-state index in [0.717, 1.165) is 6.42 Å². The Hall–Kier alpha value is -1.82. The Balaban J connectivity index is 2.02. The zero-order chi connectivity index (χ0) is 12.4. The molecular weight excluding hydrogens is 216 g/mol. The van der Waals surface area contributed by atoms with Crippen molar-refractivity contribution in [2.75, 3.05) is 0 Å². The Kier molecular flexibility index (Phi) is 3.02. The second kappa shape index (κ2) is 4.81. The zero-order valence-electron chi connectivity index (χ0n) is 10.5. The topological polar surface area (TPSA) is 0 Å². The Morgan fingerprint density at radius 1 is 0.944 bits per heavy atom. The third kappa shape index (κ3) is 1.88. The molecule has 1 aliphatic rings. The van der Waals surface area contributed by atoms with Gasteiger partial charge in [-0.1, -0.05) is 60.7 Å². The quantitative estimate of drug-likeness (QED) is 0.664. The Labute approximate surface area is 109 Å². The lowest BCUT2D eigenvalue weighted by Crippen LogP contribution is -1.95. The van der Waals surface area contributed by atoms with E-state index in [-0.39, 0.29) is 0 Å². The first kappa shape index (κ1) is 11.3. The van der Waals surface area contributed by atoms with Crippen molar-refractivity contribution in [2.24, 2.45) is 0 Å². The van der Waals surface area contributed by atoms with Gasteiger partial charge in [0.25, 0.3) is 0 Å². The van der Waals surface area contributed by atoms with Gasteiger partial charge < -0.3 is 0 Å². The van der Waals surface area contributed by atoms with Crippen molar-refractivity contribution >= 4 is 0 Å². The van der Waals surface area contributed by atoms with Crippen LogP contribution in [0, 0.1) is 0 Å². The van der Waals surface area contributed by atoms with Crippen LogP contribution in [-0.2, 0) is 0 Å². The summed E-state index contributed by atoms with van der Waals surface area (Å²) in [6, 6.07) is 19.7. The average Bonchev–Trinajstić information content (AvgIpc) is 2.80. The summed E-state index contributed by atoms with van der Waals surface area (Å²) in [6.07, 6.45) is 4.35. The molecular formula is C18H18. The number of rotatable bonds is 3. The summed E-state index contributed by atoms with van der Waals surface area (Å²) in [5, 5.41) is 0. The molecule has 3 rings (SSSR count). The van der Waals surface area contributed by atoms with Crippen molar-refractivity contribution in [2.45, 2.75) is 24.7 Å². The summed E-state index contributed by atoms with van der Waals surface area (Å²) >= 11 is 0. The highest BCUT2D eigenvalue weighted by atomic mass is 14.3. The van der Waals surface area contributed by atoms with Gasteiger partial charge >= 0.3 is 0 Å². The molecule has 0 nitrogen and oxygen atoms in total. The minimum absolute atomic E-state index is 0.562. The fraction of sp³-hybridized carbons (Fsp3) is 0.222. The summed E-state index contributed by atoms with van der Waals surface area (Å²) in [6.45, 7) is 3.89. The van der Waals surface area contributed by atoms with Gasteiger partial charge in [-0.15, -0.1) is 6.58 Å². The van der Waals surface area contributed by atoms with Crippen molar-refractivity contribution in [3.05, 3.63) is 83.9 Å². The van der Waals surface area contributed by atoms with Gasteiger partial charge in [0.2, 0.25) is 0 Å². The van der Waals surface area contributed by atoms with Crippen LogP contribution in [0.25, 0.3) is 0 Å². The van der Waals surface area contributed by atoms with Crippen LogP contribution in [0.2, 0.25) is 0 Å². The first-order valence-corrected chi connectivity index (χ1v) is 6.65. The minimum atomic E-state index is 0.562. The number of benzene rings is 2. The van der Waals surface area contributed by atoms with E-state index in [1.807, 2.05) is 0 Å². The average molecular weight is 234 g/mol. The van der Waals surface area contributed by atoms with E-state index in [9.17, 15) is 0 Å². The zero-order valence-corrected chi connectivity index (χ0v) is 10.5. The molecule has 0 unspecified atom stereocenters. The SMILES string of the molecule is C=CC[C@H]1C[C@H](c2ccccc2)c2ccccc21. The van der Waals surface area contributed by atoms with Crippen LogP contribution < -0.4 is 0 Å². The van der Waals surface area contributed by atoms with E-state index >= 15 is 0 Å². The minimum Gasteiger partial charge on any atom is -0.103 e. The van der Waals surface area contributed by atoms with E-state index in [1.54, 1.807) is 0 Å². The van der Waals surface area contributed by atoms with E-state index in [2.05, 4.69) is 67.3 Å². The molecule has 2 aromatic rings. The van der Waals surface area contributed by atoms with Gasteiger partial charge in [0.1, 0.15) is 0 Å². The number of allylic oxidation sites excluding steroid dienone is 1. The number of hydrogen-bond acceptors (Lipinski definition) is 0. The predicted octanol–water partition coefficient (Wildman–Crippen LogP) is 4.88. The van der Waals surface area contributed by atoms with Crippen LogP contribution in [-0.4, -0.2) is 0 Å². The summed E-state index contributed by atoms with van der Waals surface area (Å²) in [5.74, 6) is 1.20. The molecule has 90 valence electrons. The van der Waals surface area contributed by atoms with E-state index < -0.39 is 0 Å². The fourth-order valence-corrected chi connectivity index (χ4v) is 3.16. The summed E-state index contributed by atoms with van der Waals surface area (Å²) in [7, 11) is 0. The normalized spacial score (nSPS) is 21.6. The van der Waals surface area contributed by atoms with Crippen LogP contribution in [0.15, 0.2) is 67.3 Å². The van der Waals surface area contributed by atoms with E-state index in [0.29, 0.717) is 11.8 Å². The molecule has 2 aromatic carbocycles. The van der Waals surface area contributed by atoms with Gasteiger partial charge in [0, 0.05) is 5.92 Å². The monoisotopic (exact) mass is 234 g/mol. The van der Waals surface area contributed by atoms with Gasteiger partial charge in [-0.3, -0.25) is 0 Å². The van der Waals surface area contributed by atoms with Crippen molar-refractivity contribution in [3.63, 3.8) is 0 Å². The van der Waals surface area contributed by atoms with Crippen LogP contribution in [0.1, 0.15) is 41.4 Å². The lowest BCUT2D eigenvalue weighted by Gasteiger charge is -2.12. The molecule has 0 spiro atoms. The second-order valence-corrected chi connectivity index (χ2v) is 5.05. The fourth-order valence-electron chi connectivity index (χ4n) is 3.16.